The number of amides is 1. The van der Waals surface area contributed by atoms with Gasteiger partial charge in [-0.25, -0.2) is 0 Å². The molecular weight excluding hydrogens is 312 g/mol. The fourth-order valence-corrected chi connectivity index (χ4v) is 3.04. The van der Waals surface area contributed by atoms with Crippen LogP contribution in [0.1, 0.15) is 38.2 Å². The van der Waals surface area contributed by atoms with E-state index in [1.54, 1.807) is 0 Å². The predicted molar refractivity (Wildman–Crippen MR) is 103 cm³/mol. The predicted octanol–water partition coefficient (Wildman–Crippen LogP) is 4.43. The minimum absolute atomic E-state index is 0.00935. The van der Waals surface area contributed by atoms with Gasteiger partial charge in [0.05, 0.1) is 0 Å². The van der Waals surface area contributed by atoms with E-state index in [9.17, 15) is 4.79 Å². The summed E-state index contributed by atoms with van der Waals surface area (Å²) in [6, 6.07) is 15.9. The van der Waals surface area contributed by atoms with Crippen molar-refractivity contribution in [1.29, 1.82) is 0 Å². The summed E-state index contributed by atoms with van der Waals surface area (Å²) in [6.07, 6.45) is 2.52. The van der Waals surface area contributed by atoms with Gasteiger partial charge in [0.25, 0.3) is 5.91 Å². The molecule has 3 rings (SSSR count). The molecule has 0 unspecified atom stereocenters. The fraction of sp³-hybridized carbons (Fsp3) is 0.381. The van der Waals surface area contributed by atoms with Crippen molar-refractivity contribution in [1.82, 2.24) is 0 Å². The Kier molecular flexibility index (Phi) is 5.59. The number of carbonyl (C=O) groups is 1. The first-order chi connectivity index (χ1) is 12.1. The maximum absolute atomic E-state index is 12.1. The Hall–Kier alpha value is -2.49. The van der Waals surface area contributed by atoms with Gasteiger partial charge < -0.3 is 15.0 Å². The fourth-order valence-electron chi connectivity index (χ4n) is 3.04. The first-order valence-corrected chi connectivity index (χ1v) is 8.99. The molecule has 4 nitrogen and oxygen atoms in total. The molecule has 25 heavy (non-hydrogen) atoms. The zero-order valence-corrected chi connectivity index (χ0v) is 15.0. The normalized spacial score (nSPS) is 14.0. The minimum atomic E-state index is -0.149. The Morgan fingerprint density at radius 2 is 1.84 bits per heavy atom. The van der Waals surface area contributed by atoms with E-state index in [0.717, 1.165) is 24.5 Å². The molecule has 1 aliphatic rings. The van der Waals surface area contributed by atoms with Crippen LogP contribution >= 0.6 is 0 Å². The number of anilines is 2. The summed E-state index contributed by atoms with van der Waals surface area (Å²) in [7, 11) is 0. The zero-order chi connectivity index (χ0) is 17.6. The third kappa shape index (κ3) is 4.75. The van der Waals surface area contributed by atoms with Crippen molar-refractivity contribution in [3.63, 3.8) is 0 Å². The second-order valence-electron chi connectivity index (χ2n) is 6.81. The van der Waals surface area contributed by atoms with Gasteiger partial charge in [-0.1, -0.05) is 26.0 Å². The monoisotopic (exact) mass is 338 g/mol. The van der Waals surface area contributed by atoms with Gasteiger partial charge >= 0.3 is 0 Å². The quantitative estimate of drug-likeness (QED) is 0.847. The Labute approximate surface area is 149 Å². The van der Waals surface area contributed by atoms with Crippen LogP contribution in [0.2, 0.25) is 0 Å². The Bertz CT molecular complexity index is 704. The lowest BCUT2D eigenvalue weighted by Crippen LogP contribution is -2.20. The molecule has 0 atom stereocenters. The third-order valence-electron chi connectivity index (χ3n) is 4.52. The second-order valence-corrected chi connectivity index (χ2v) is 6.81. The first kappa shape index (κ1) is 17.3. The molecule has 1 aliphatic heterocycles. The highest BCUT2D eigenvalue weighted by Gasteiger charge is 2.12. The Morgan fingerprint density at radius 3 is 2.52 bits per heavy atom. The van der Waals surface area contributed by atoms with E-state index in [1.807, 2.05) is 30.3 Å². The molecule has 0 radical (unpaired) electrons. The van der Waals surface area contributed by atoms with Gasteiger partial charge in [0.15, 0.2) is 6.61 Å². The van der Waals surface area contributed by atoms with E-state index < -0.39 is 0 Å². The topological polar surface area (TPSA) is 41.6 Å². The first-order valence-electron chi connectivity index (χ1n) is 8.99. The molecule has 4 heteroatoms. The molecule has 0 aliphatic carbocycles. The third-order valence-corrected chi connectivity index (χ3v) is 4.52. The molecular formula is C21H26N2O2. The highest BCUT2D eigenvalue weighted by molar-refractivity contribution is 5.92. The number of carbonyl (C=O) groups excluding carboxylic acids is 1. The van der Waals surface area contributed by atoms with E-state index in [0.29, 0.717) is 5.92 Å². The van der Waals surface area contributed by atoms with Gasteiger partial charge in [-0.2, -0.15) is 0 Å². The minimum Gasteiger partial charge on any atom is -0.484 e. The van der Waals surface area contributed by atoms with Crippen molar-refractivity contribution in [3.8, 4) is 5.75 Å². The van der Waals surface area contributed by atoms with Crippen LogP contribution in [-0.4, -0.2) is 25.6 Å². The number of rotatable bonds is 6. The number of nitrogens with one attached hydrogen (secondary N) is 1. The smallest absolute Gasteiger partial charge is 0.262 e. The highest BCUT2D eigenvalue weighted by Crippen LogP contribution is 2.22. The summed E-state index contributed by atoms with van der Waals surface area (Å²) in [5, 5.41) is 2.88. The number of benzene rings is 2. The van der Waals surface area contributed by atoms with Crippen LogP contribution < -0.4 is 15.0 Å². The van der Waals surface area contributed by atoms with Crippen LogP contribution in [0.25, 0.3) is 0 Å². The van der Waals surface area contributed by atoms with E-state index in [-0.39, 0.29) is 12.5 Å². The average Bonchev–Trinajstić information content (AvgIpc) is 3.15. The van der Waals surface area contributed by atoms with Gasteiger partial charge in [0.2, 0.25) is 0 Å². The maximum atomic E-state index is 12.1. The Balaban J connectivity index is 1.51. The zero-order valence-electron chi connectivity index (χ0n) is 15.0. The van der Waals surface area contributed by atoms with Crippen molar-refractivity contribution < 1.29 is 9.53 Å². The molecule has 1 fully saturated rings. The van der Waals surface area contributed by atoms with Gasteiger partial charge in [-0.05, 0) is 60.7 Å². The lowest BCUT2D eigenvalue weighted by molar-refractivity contribution is -0.118. The maximum Gasteiger partial charge on any atom is 0.262 e. The van der Waals surface area contributed by atoms with E-state index in [2.05, 4.69) is 42.3 Å². The van der Waals surface area contributed by atoms with Crippen LogP contribution in [0.5, 0.6) is 5.75 Å². The van der Waals surface area contributed by atoms with Gasteiger partial charge in [-0.3, -0.25) is 4.79 Å². The summed E-state index contributed by atoms with van der Waals surface area (Å²) in [5.74, 6) is 1.01. The van der Waals surface area contributed by atoms with E-state index >= 15 is 0 Å². The van der Waals surface area contributed by atoms with Gasteiger partial charge in [-0.15, -0.1) is 0 Å². The molecule has 2 aromatic rings. The lowest BCUT2D eigenvalue weighted by atomic mass is 10.0. The largest absolute Gasteiger partial charge is 0.484 e. The lowest BCUT2D eigenvalue weighted by Gasteiger charge is -2.17. The van der Waals surface area contributed by atoms with Crippen LogP contribution in [0.15, 0.2) is 48.5 Å². The molecule has 0 spiro atoms. The van der Waals surface area contributed by atoms with Crippen LogP contribution in [0, 0.1) is 0 Å². The molecule has 2 aromatic carbocycles. The standard InChI is InChI=1S/C21H26N2O2/c1-16(2)17-6-5-7-20(14-17)25-15-21(24)22-18-8-10-19(11-9-18)23-12-3-4-13-23/h5-11,14,16H,3-4,12-13,15H2,1-2H3,(H,22,24). The highest BCUT2D eigenvalue weighted by atomic mass is 16.5. The van der Waals surface area contributed by atoms with E-state index in [1.165, 1.54) is 24.1 Å². The molecule has 0 bridgehead atoms. The van der Waals surface area contributed by atoms with Crippen molar-refractivity contribution in [2.75, 3.05) is 29.9 Å². The molecule has 132 valence electrons. The number of ether oxygens (including phenoxy) is 1. The van der Waals surface area contributed by atoms with Crippen molar-refractivity contribution in [2.24, 2.45) is 0 Å². The molecule has 1 saturated heterocycles. The van der Waals surface area contributed by atoms with E-state index in [4.69, 9.17) is 4.74 Å². The summed E-state index contributed by atoms with van der Waals surface area (Å²) < 4.78 is 5.62. The molecule has 0 saturated carbocycles. The summed E-state index contributed by atoms with van der Waals surface area (Å²) in [4.78, 5) is 14.5. The van der Waals surface area contributed by atoms with Crippen LogP contribution in [-0.2, 0) is 4.79 Å². The molecule has 1 N–H and O–H groups in total. The number of hydrogen-bond acceptors (Lipinski definition) is 3. The second kappa shape index (κ2) is 8.06. The summed E-state index contributed by atoms with van der Waals surface area (Å²) in [5.41, 5.74) is 3.22. The van der Waals surface area contributed by atoms with Crippen molar-refractivity contribution in [3.05, 3.63) is 54.1 Å². The van der Waals surface area contributed by atoms with Gasteiger partial charge in [0, 0.05) is 24.5 Å². The SMILES string of the molecule is CC(C)c1cccc(OCC(=O)Nc2ccc(N3CCCC3)cc2)c1. The van der Waals surface area contributed by atoms with Crippen LogP contribution in [0.3, 0.4) is 0 Å². The molecule has 1 amide bonds. The van der Waals surface area contributed by atoms with Crippen molar-refractivity contribution in [2.45, 2.75) is 32.6 Å². The summed E-state index contributed by atoms with van der Waals surface area (Å²) in [6.45, 7) is 6.52. The number of nitrogens with zero attached hydrogens (tertiary/aromatic N) is 1. The van der Waals surface area contributed by atoms with Crippen molar-refractivity contribution >= 4 is 17.3 Å². The molecule has 0 aromatic heterocycles. The molecule has 1 heterocycles. The average molecular weight is 338 g/mol. The number of hydrogen-bond donors (Lipinski definition) is 1. The summed E-state index contributed by atoms with van der Waals surface area (Å²) >= 11 is 0. The van der Waals surface area contributed by atoms with Crippen LogP contribution in [0.4, 0.5) is 11.4 Å². The van der Waals surface area contributed by atoms with Gasteiger partial charge in [0.1, 0.15) is 5.75 Å². The Morgan fingerprint density at radius 1 is 1.12 bits per heavy atom.